The molecule has 0 amide bonds. The number of nitrogens with one attached hydrogen (secondary N) is 1. The lowest BCUT2D eigenvalue weighted by molar-refractivity contribution is -0.143. The summed E-state index contributed by atoms with van der Waals surface area (Å²) in [4.78, 5) is 11.9. The number of benzene rings is 1. The molecule has 1 atom stereocenters. The number of Topliss-reactive ketones (excluding diaryl/α,β-unsaturated/α-hetero) is 1. The third-order valence-electron chi connectivity index (χ3n) is 2.60. The number of carbonyl (C=O) groups is 1. The Morgan fingerprint density at radius 3 is 2.59 bits per heavy atom. The van der Waals surface area contributed by atoms with Crippen LogP contribution in [0, 0.1) is 5.41 Å². The van der Waals surface area contributed by atoms with Gasteiger partial charge in [-0.15, -0.1) is 0 Å². The van der Waals surface area contributed by atoms with E-state index in [1.54, 1.807) is 24.3 Å². The highest BCUT2D eigenvalue weighted by Gasteiger charge is 2.32. The van der Waals surface area contributed by atoms with Crippen LogP contribution in [0.5, 0.6) is 0 Å². The molecular formula is C12H10ClNO3. The summed E-state index contributed by atoms with van der Waals surface area (Å²) in [6.07, 6.45) is -1.56. The van der Waals surface area contributed by atoms with Crippen molar-refractivity contribution < 1.29 is 14.6 Å². The van der Waals surface area contributed by atoms with Crippen LogP contribution in [-0.4, -0.2) is 30.0 Å². The molecule has 0 saturated heterocycles. The molecule has 17 heavy (non-hydrogen) atoms. The number of methoxy groups -OCH3 is 1. The van der Waals surface area contributed by atoms with Gasteiger partial charge in [0.05, 0.1) is 16.3 Å². The van der Waals surface area contributed by atoms with Crippen molar-refractivity contribution in [3.05, 3.63) is 40.4 Å². The largest absolute Gasteiger partial charge is 0.362 e. The number of rotatable bonds is 3. The number of carbonyl (C=O) groups excluding carboxylic acids is 1. The molecule has 88 valence electrons. The third-order valence-corrected chi connectivity index (χ3v) is 2.98. The minimum atomic E-state index is -1.56. The van der Waals surface area contributed by atoms with E-state index >= 15 is 0 Å². The number of halogens is 1. The van der Waals surface area contributed by atoms with E-state index in [2.05, 4.69) is 4.74 Å². The Morgan fingerprint density at radius 1 is 1.41 bits per heavy atom. The molecule has 4 nitrogen and oxygen atoms in total. The predicted molar refractivity (Wildman–Crippen MR) is 64.1 cm³/mol. The molecule has 1 aliphatic rings. The lowest BCUT2D eigenvalue weighted by Crippen LogP contribution is -2.23. The van der Waals surface area contributed by atoms with Crippen molar-refractivity contribution in [2.45, 2.75) is 6.29 Å². The smallest absolute Gasteiger partial charge is 0.220 e. The Bertz CT molecular complexity index is 536. The number of aliphatic hydroxyl groups excluding tert-OH is 1. The number of fused-ring (bicyclic) bond motifs is 1. The highest BCUT2D eigenvalue weighted by atomic mass is 35.5. The minimum absolute atomic E-state index is 0.0484. The van der Waals surface area contributed by atoms with Crippen LogP contribution in [0.2, 0.25) is 0 Å². The normalized spacial score (nSPS) is 16.1. The van der Waals surface area contributed by atoms with E-state index in [0.29, 0.717) is 11.1 Å². The standard InChI is InChI=1S/C12H10ClNO3/c1-17-12(16)11(15)8-6-4-2-3-5-7(6)10(14)9(8)13/h2-5,12,14,16H,1H3. The third kappa shape index (κ3) is 1.80. The highest BCUT2D eigenvalue weighted by Crippen LogP contribution is 2.35. The molecule has 2 N–H and O–H groups in total. The zero-order chi connectivity index (χ0) is 12.6. The van der Waals surface area contributed by atoms with Crippen LogP contribution in [0.1, 0.15) is 11.1 Å². The Kier molecular flexibility index (Phi) is 3.11. The first kappa shape index (κ1) is 12.0. The molecule has 1 aliphatic carbocycles. The molecule has 0 fully saturated rings. The number of aliphatic hydroxyl groups is 1. The summed E-state index contributed by atoms with van der Waals surface area (Å²) in [5.41, 5.74) is 1.38. The average Bonchev–Trinajstić information content (AvgIpc) is 2.61. The van der Waals surface area contributed by atoms with E-state index in [1.807, 2.05) is 0 Å². The van der Waals surface area contributed by atoms with Gasteiger partial charge < -0.3 is 9.84 Å². The highest BCUT2D eigenvalue weighted by molar-refractivity contribution is 6.56. The summed E-state index contributed by atoms with van der Waals surface area (Å²) < 4.78 is 4.57. The zero-order valence-electron chi connectivity index (χ0n) is 9.03. The fourth-order valence-electron chi connectivity index (χ4n) is 1.75. The van der Waals surface area contributed by atoms with Crippen LogP contribution in [-0.2, 0) is 9.53 Å². The average molecular weight is 252 g/mol. The van der Waals surface area contributed by atoms with Gasteiger partial charge >= 0.3 is 0 Å². The van der Waals surface area contributed by atoms with E-state index in [1.165, 1.54) is 7.11 Å². The molecule has 2 rings (SSSR count). The number of ketones is 1. The first-order valence-electron chi connectivity index (χ1n) is 4.91. The van der Waals surface area contributed by atoms with Gasteiger partial charge in [-0.05, 0) is 5.56 Å². The molecule has 0 saturated carbocycles. The van der Waals surface area contributed by atoms with Crippen molar-refractivity contribution in [3.63, 3.8) is 0 Å². The summed E-state index contributed by atoms with van der Waals surface area (Å²) >= 11 is 5.96. The maximum atomic E-state index is 11.9. The number of ether oxygens (including phenoxy) is 1. The van der Waals surface area contributed by atoms with Crippen LogP contribution in [0.4, 0.5) is 0 Å². The Balaban J connectivity index is 2.54. The molecule has 0 spiro atoms. The first-order valence-corrected chi connectivity index (χ1v) is 5.29. The molecule has 0 aromatic heterocycles. The SMILES string of the molecule is COC(O)C(=O)C1=C(Cl)C(=N)c2ccccc21. The van der Waals surface area contributed by atoms with E-state index in [-0.39, 0.29) is 16.3 Å². The molecular weight excluding hydrogens is 242 g/mol. The molecule has 0 heterocycles. The molecule has 0 bridgehead atoms. The van der Waals surface area contributed by atoms with Gasteiger partial charge in [0.15, 0.2) is 0 Å². The molecule has 1 unspecified atom stereocenters. The van der Waals surface area contributed by atoms with Gasteiger partial charge in [-0.25, -0.2) is 0 Å². The summed E-state index contributed by atoms with van der Waals surface area (Å²) in [5.74, 6) is -0.632. The van der Waals surface area contributed by atoms with E-state index in [9.17, 15) is 9.90 Å². The predicted octanol–water partition coefficient (Wildman–Crippen LogP) is 1.55. The fraction of sp³-hybridized carbons (Fsp3) is 0.167. The maximum absolute atomic E-state index is 11.9. The van der Waals surface area contributed by atoms with Crippen molar-refractivity contribution in [2.75, 3.05) is 7.11 Å². The summed E-state index contributed by atoms with van der Waals surface area (Å²) in [6.45, 7) is 0. The summed E-state index contributed by atoms with van der Waals surface area (Å²) in [7, 11) is 1.23. The van der Waals surface area contributed by atoms with E-state index < -0.39 is 12.1 Å². The second-order valence-corrected chi connectivity index (χ2v) is 3.94. The van der Waals surface area contributed by atoms with Gasteiger partial charge in [-0.1, -0.05) is 35.9 Å². The maximum Gasteiger partial charge on any atom is 0.220 e. The topological polar surface area (TPSA) is 70.4 Å². The number of allylic oxidation sites excluding steroid dienone is 1. The second-order valence-electron chi connectivity index (χ2n) is 3.56. The second kappa shape index (κ2) is 4.41. The Morgan fingerprint density at radius 2 is 2.00 bits per heavy atom. The number of hydrogen-bond donors (Lipinski definition) is 2. The Labute approximate surface area is 103 Å². The molecule has 5 heteroatoms. The van der Waals surface area contributed by atoms with E-state index in [4.69, 9.17) is 17.0 Å². The van der Waals surface area contributed by atoms with Crippen molar-refractivity contribution >= 4 is 28.7 Å². The van der Waals surface area contributed by atoms with Gasteiger partial charge in [-0.3, -0.25) is 10.2 Å². The van der Waals surface area contributed by atoms with Crippen LogP contribution in [0.25, 0.3) is 5.57 Å². The van der Waals surface area contributed by atoms with Crippen molar-refractivity contribution in [1.29, 1.82) is 5.41 Å². The van der Waals surface area contributed by atoms with Crippen molar-refractivity contribution in [3.8, 4) is 0 Å². The van der Waals surface area contributed by atoms with Gasteiger partial charge in [0.1, 0.15) is 0 Å². The minimum Gasteiger partial charge on any atom is -0.362 e. The van der Waals surface area contributed by atoms with Crippen LogP contribution in [0.3, 0.4) is 0 Å². The van der Waals surface area contributed by atoms with Crippen LogP contribution >= 0.6 is 11.6 Å². The van der Waals surface area contributed by atoms with Gasteiger partial charge in [0.25, 0.3) is 0 Å². The summed E-state index contributed by atoms with van der Waals surface area (Å²) in [5, 5.41) is 17.2. The lowest BCUT2D eigenvalue weighted by Gasteiger charge is -2.09. The van der Waals surface area contributed by atoms with Gasteiger partial charge in [0, 0.05) is 12.7 Å². The molecule has 0 radical (unpaired) electrons. The van der Waals surface area contributed by atoms with Gasteiger partial charge in [0.2, 0.25) is 12.1 Å². The zero-order valence-corrected chi connectivity index (χ0v) is 9.78. The Hall–Kier alpha value is -1.49. The fourth-order valence-corrected chi connectivity index (χ4v) is 2.05. The molecule has 0 aliphatic heterocycles. The van der Waals surface area contributed by atoms with Crippen molar-refractivity contribution in [2.24, 2.45) is 0 Å². The lowest BCUT2D eigenvalue weighted by atomic mass is 10.0. The van der Waals surface area contributed by atoms with Crippen LogP contribution < -0.4 is 0 Å². The monoisotopic (exact) mass is 251 g/mol. The quantitative estimate of drug-likeness (QED) is 0.801. The van der Waals surface area contributed by atoms with Gasteiger partial charge in [-0.2, -0.15) is 0 Å². The van der Waals surface area contributed by atoms with E-state index in [0.717, 1.165) is 0 Å². The first-order chi connectivity index (χ1) is 8.07. The number of hydrogen-bond acceptors (Lipinski definition) is 4. The molecule has 1 aromatic carbocycles. The van der Waals surface area contributed by atoms with Crippen molar-refractivity contribution in [1.82, 2.24) is 0 Å². The van der Waals surface area contributed by atoms with Crippen LogP contribution in [0.15, 0.2) is 29.3 Å². The summed E-state index contributed by atoms with van der Waals surface area (Å²) in [6, 6.07) is 6.90. The molecule has 1 aromatic rings.